The van der Waals surface area contributed by atoms with Crippen LogP contribution in [-0.4, -0.2) is 42.6 Å². The van der Waals surface area contributed by atoms with Gasteiger partial charge in [0.05, 0.1) is 12.3 Å². The summed E-state index contributed by atoms with van der Waals surface area (Å²) in [5, 5.41) is 16.1. The van der Waals surface area contributed by atoms with E-state index in [1.54, 1.807) is 24.3 Å². The van der Waals surface area contributed by atoms with Crippen molar-refractivity contribution in [1.82, 2.24) is 24.9 Å². The van der Waals surface area contributed by atoms with Crippen LogP contribution >= 0.6 is 0 Å². The predicted octanol–water partition coefficient (Wildman–Crippen LogP) is 0.0677. The predicted molar refractivity (Wildman–Crippen MR) is 81.9 cm³/mol. The Morgan fingerprint density at radius 1 is 1.40 bits per heavy atom. The molecule has 0 unspecified atom stereocenters. The van der Waals surface area contributed by atoms with Gasteiger partial charge in [-0.05, 0) is 19.1 Å². The van der Waals surface area contributed by atoms with Crippen molar-refractivity contribution in [3.8, 4) is 23.0 Å². The number of carboxylic acid groups (broad SMARTS) is 1. The van der Waals surface area contributed by atoms with Crippen molar-refractivity contribution in [3.63, 3.8) is 0 Å². The van der Waals surface area contributed by atoms with E-state index in [9.17, 15) is 14.4 Å². The first-order chi connectivity index (χ1) is 12.0. The second-order valence-electron chi connectivity index (χ2n) is 4.68. The highest BCUT2D eigenvalue weighted by Crippen LogP contribution is 2.15. The van der Waals surface area contributed by atoms with Crippen molar-refractivity contribution in [2.24, 2.45) is 0 Å². The van der Waals surface area contributed by atoms with Gasteiger partial charge < -0.3 is 14.4 Å². The van der Waals surface area contributed by atoms with Crippen molar-refractivity contribution in [3.05, 3.63) is 51.0 Å². The van der Waals surface area contributed by atoms with Crippen molar-refractivity contribution in [1.29, 1.82) is 0 Å². The van der Waals surface area contributed by atoms with Crippen molar-refractivity contribution in [2.75, 3.05) is 6.61 Å². The van der Waals surface area contributed by atoms with Crippen LogP contribution in [0.4, 0.5) is 0 Å². The second-order valence-corrected chi connectivity index (χ2v) is 4.68. The number of benzene rings is 1. The molecule has 0 spiro atoms. The number of ether oxygens (including phenoxy) is 1. The van der Waals surface area contributed by atoms with E-state index in [1.165, 1.54) is 0 Å². The minimum atomic E-state index is -1.45. The third-order valence-electron chi connectivity index (χ3n) is 3.02. The zero-order chi connectivity index (χ0) is 18.0. The maximum Gasteiger partial charge on any atom is 0.394 e. The number of nitrogens with zero attached hydrogens (tertiary/aromatic N) is 4. The molecule has 0 bridgehead atoms. The number of aromatic nitrogens is 5. The molecule has 3 aromatic rings. The van der Waals surface area contributed by atoms with E-state index < -0.39 is 23.1 Å². The molecule has 0 amide bonds. The molecule has 0 radical (unpaired) electrons. The van der Waals surface area contributed by atoms with E-state index >= 15 is 0 Å². The average Bonchev–Trinajstić information content (AvgIpc) is 3.05. The van der Waals surface area contributed by atoms with E-state index in [0.717, 1.165) is 4.68 Å². The van der Waals surface area contributed by atoms with E-state index in [-0.39, 0.29) is 11.5 Å². The Balaban J connectivity index is 2.12. The van der Waals surface area contributed by atoms with Crippen LogP contribution in [0.2, 0.25) is 0 Å². The van der Waals surface area contributed by atoms with Gasteiger partial charge in [0, 0.05) is 6.07 Å². The van der Waals surface area contributed by atoms with Crippen LogP contribution in [0.3, 0.4) is 0 Å². The fourth-order valence-corrected chi connectivity index (χ4v) is 2.00. The highest BCUT2D eigenvalue weighted by atomic mass is 16.5. The highest BCUT2D eigenvalue weighted by molar-refractivity contribution is 5.82. The Morgan fingerprint density at radius 2 is 2.20 bits per heavy atom. The number of carboxylic acids is 1. The molecule has 2 aromatic heterocycles. The van der Waals surface area contributed by atoms with E-state index in [2.05, 4.69) is 24.7 Å². The van der Waals surface area contributed by atoms with Gasteiger partial charge in [-0.2, -0.15) is 14.8 Å². The number of hydrogen-bond donors (Lipinski definition) is 2. The summed E-state index contributed by atoms with van der Waals surface area (Å²) in [4.78, 5) is 40.4. The molecule has 0 fully saturated rings. The standard InChI is InChI=1S/C14H11N5O6/c1-2-24-8-5-3-4-7(6-8)19-14(23)16-11(20)9(17-19)10-15-12(13(21)22)25-18-10/h3-6H,2H2,1H3,(H,21,22)(H,16,20,23). The molecular formula is C14H11N5O6. The number of aromatic amines is 1. The van der Waals surface area contributed by atoms with Gasteiger partial charge >= 0.3 is 17.5 Å². The number of rotatable bonds is 5. The topological polar surface area (TPSA) is 153 Å². The van der Waals surface area contributed by atoms with Crippen molar-refractivity contribution >= 4 is 5.97 Å². The Hall–Kier alpha value is -3.76. The largest absolute Gasteiger partial charge is 0.494 e. The number of hydrogen-bond acceptors (Lipinski definition) is 8. The molecule has 3 rings (SSSR count). The number of nitrogens with one attached hydrogen (secondary N) is 1. The molecule has 1 aromatic carbocycles. The fourth-order valence-electron chi connectivity index (χ4n) is 2.00. The molecule has 2 N–H and O–H groups in total. The zero-order valence-electron chi connectivity index (χ0n) is 12.8. The summed E-state index contributed by atoms with van der Waals surface area (Å²) in [6.45, 7) is 2.24. The van der Waals surface area contributed by atoms with Gasteiger partial charge in [-0.3, -0.25) is 9.78 Å². The second kappa shape index (κ2) is 6.39. The molecule has 0 saturated carbocycles. The SMILES string of the molecule is CCOc1cccc(-n2nc(-c3noc(C(=O)O)n3)c(=O)[nH]c2=O)c1. The highest BCUT2D eigenvalue weighted by Gasteiger charge is 2.19. The van der Waals surface area contributed by atoms with Gasteiger partial charge in [0.25, 0.3) is 5.56 Å². The molecule has 11 heteroatoms. The lowest BCUT2D eigenvalue weighted by atomic mass is 10.3. The normalized spacial score (nSPS) is 10.6. The Labute approximate surface area is 138 Å². The maximum absolute atomic E-state index is 12.1. The third kappa shape index (κ3) is 3.15. The Kier molecular flexibility index (Phi) is 4.12. The van der Waals surface area contributed by atoms with E-state index in [0.29, 0.717) is 18.0 Å². The van der Waals surface area contributed by atoms with Gasteiger partial charge in [-0.15, -0.1) is 0 Å². The van der Waals surface area contributed by atoms with Crippen LogP contribution < -0.4 is 16.0 Å². The van der Waals surface area contributed by atoms with Crippen LogP contribution in [0.5, 0.6) is 5.75 Å². The van der Waals surface area contributed by atoms with E-state index in [1.807, 2.05) is 6.92 Å². The molecule has 0 aliphatic rings. The number of carbonyl (C=O) groups is 1. The molecule has 25 heavy (non-hydrogen) atoms. The lowest BCUT2D eigenvalue weighted by Crippen LogP contribution is -2.32. The first kappa shape index (κ1) is 16.1. The first-order valence-electron chi connectivity index (χ1n) is 7.04. The maximum atomic E-state index is 12.1. The van der Waals surface area contributed by atoms with Crippen molar-refractivity contribution < 1.29 is 19.2 Å². The lowest BCUT2D eigenvalue weighted by Gasteiger charge is -2.07. The molecule has 11 nitrogen and oxygen atoms in total. The van der Waals surface area contributed by atoms with E-state index in [4.69, 9.17) is 9.84 Å². The van der Waals surface area contributed by atoms with Crippen molar-refractivity contribution in [2.45, 2.75) is 6.92 Å². The Morgan fingerprint density at radius 3 is 2.88 bits per heavy atom. The van der Waals surface area contributed by atoms with Gasteiger partial charge in [0.15, 0.2) is 5.69 Å². The summed E-state index contributed by atoms with van der Waals surface area (Å²) in [5.74, 6) is -2.00. The van der Waals surface area contributed by atoms with Crippen LogP contribution in [0.15, 0.2) is 38.4 Å². The number of aromatic carboxylic acids is 1. The van der Waals surface area contributed by atoms with Crippen LogP contribution in [0.1, 0.15) is 17.6 Å². The molecule has 0 aliphatic carbocycles. The molecular weight excluding hydrogens is 334 g/mol. The van der Waals surface area contributed by atoms with Gasteiger partial charge in [-0.25, -0.2) is 9.59 Å². The lowest BCUT2D eigenvalue weighted by molar-refractivity contribution is 0.0643. The molecule has 0 saturated heterocycles. The molecule has 0 aliphatic heterocycles. The van der Waals surface area contributed by atoms with Crippen LogP contribution in [0.25, 0.3) is 17.2 Å². The van der Waals surface area contributed by atoms with Crippen LogP contribution in [-0.2, 0) is 0 Å². The minimum absolute atomic E-state index is 0.329. The Bertz CT molecular complexity index is 1050. The summed E-state index contributed by atoms with van der Waals surface area (Å²) in [7, 11) is 0. The molecule has 128 valence electrons. The monoisotopic (exact) mass is 345 g/mol. The minimum Gasteiger partial charge on any atom is -0.494 e. The summed E-state index contributed by atoms with van der Waals surface area (Å²) >= 11 is 0. The summed E-state index contributed by atoms with van der Waals surface area (Å²) < 4.78 is 10.8. The summed E-state index contributed by atoms with van der Waals surface area (Å²) in [6.07, 6.45) is 0. The first-order valence-corrected chi connectivity index (χ1v) is 7.04. The zero-order valence-corrected chi connectivity index (χ0v) is 12.8. The van der Waals surface area contributed by atoms with Gasteiger partial charge in [-0.1, -0.05) is 11.2 Å². The third-order valence-corrected chi connectivity index (χ3v) is 3.02. The molecule has 2 heterocycles. The summed E-state index contributed by atoms with van der Waals surface area (Å²) in [6, 6.07) is 6.48. The quantitative estimate of drug-likeness (QED) is 0.653. The smallest absolute Gasteiger partial charge is 0.394 e. The fraction of sp³-hybridized carbons (Fsp3) is 0.143. The van der Waals surface area contributed by atoms with Crippen LogP contribution in [0, 0.1) is 0 Å². The van der Waals surface area contributed by atoms with Gasteiger partial charge in [0.2, 0.25) is 5.82 Å². The summed E-state index contributed by atoms with van der Waals surface area (Å²) in [5.41, 5.74) is -1.70. The van der Waals surface area contributed by atoms with Gasteiger partial charge in [0.1, 0.15) is 5.75 Å². The molecule has 0 atom stereocenters. The number of H-pyrrole nitrogens is 1. The average molecular weight is 345 g/mol.